The summed E-state index contributed by atoms with van der Waals surface area (Å²) in [4.78, 5) is 19.1. The quantitative estimate of drug-likeness (QED) is 0.848. The molecule has 88 valence electrons. The summed E-state index contributed by atoms with van der Waals surface area (Å²) in [6, 6.07) is 0. The Bertz CT molecular complexity index is 397. The van der Waals surface area contributed by atoms with Gasteiger partial charge >= 0.3 is 5.97 Å². The maximum atomic E-state index is 10.9. The molecule has 0 aliphatic heterocycles. The molecule has 0 saturated carbocycles. The van der Waals surface area contributed by atoms with E-state index in [1.165, 1.54) is 6.20 Å². The van der Waals surface area contributed by atoms with Crippen LogP contribution in [0.25, 0.3) is 0 Å². The van der Waals surface area contributed by atoms with Crippen LogP contribution in [0.15, 0.2) is 6.20 Å². The average molecular weight is 224 g/mol. The molecule has 0 spiro atoms. The third-order valence-corrected chi connectivity index (χ3v) is 1.94. The summed E-state index contributed by atoms with van der Waals surface area (Å²) >= 11 is 0. The van der Waals surface area contributed by atoms with Crippen molar-refractivity contribution in [1.29, 1.82) is 0 Å². The first-order valence-electron chi connectivity index (χ1n) is 5.10. The zero-order valence-corrected chi connectivity index (χ0v) is 9.94. The van der Waals surface area contributed by atoms with Gasteiger partial charge in [-0.15, -0.1) is 0 Å². The highest BCUT2D eigenvalue weighted by Gasteiger charge is 2.21. The van der Waals surface area contributed by atoms with Crippen molar-refractivity contribution in [3.05, 3.63) is 17.6 Å². The Morgan fingerprint density at radius 1 is 1.50 bits per heavy atom. The molecule has 1 aromatic rings. The molecule has 0 atom stereocenters. The van der Waals surface area contributed by atoms with Crippen molar-refractivity contribution >= 4 is 5.97 Å². The van der Waals surface area contributed by atoms with Gasteiger partial charge in [0.15, 0.2) is 0 Å². The Morgan fingerprint density at radius 2 is 2.12 bits per heavy atom. The van der Waals surface area contributed by atoms with E-state index in [1.54, 1.807) is 6.92 Å². The van der Waals surface area contributed by atoms with Gasteiger partial charge < -0.3 is 9.84 Å². The number of carbonyl (C=O) groups is 1. The van der Waals surface area contributed by atoms with E-state index in [0.717, 1.165) is 0 Å². The maximum Gasteiger partial charge on any atom is 0.342 e. The fourth-order valence-corrected chi connectivity index (χ4v) is 1.12. The summed E-state index contributed by atoms with van der Waals surface area (Å²) in [5, 5.41) is 8.93. The highest BCUT2D eigenvalue weighted by Crippen LogP contribution is 2.22. The van der Waals surface area contributed by atoms with Crippen LogP contribution in [-0.4, -0.2) is 27.7 Å². The molecule has 0 radical (unpaired) electrons. The van der Waals surface area contributed by atoms with Gasteiger partial charge in [-0.05, 0) is 6.92 Å². The lowest BCUT2D eigenvalue weighted by Crippen LogP contribution is -2.18. The second-order valence-electron chi connectivity index (χ2n) is 4.40. The molecule has 16 heavy (non-hydrogen) atoms. The van der Waals surface area contributed by atoms with Crippen molar-refractivity contribution in [1.82, 2.24) is 9.97 Å². The first kappa shape index (κ1) is 12.4. The minimum Gasteiger partial charge on any atom is -0.477 e. The maximum absolute atomic E-state index is 10.9. The van der Waals surface area contributed by atoms with Crippen LogP contribution >= 0.6 is 0 Å². The Balaban J connectivity index is 3.22. The molecule has 1 N–H and O–H groups in total. The fourth-order valence-electron chi connectivity index (χ4n) is 1.12. The molecular weight excluding hydrogens is 208 g/mol. The van der Waals surface area contributed by atoms with Crippen LogP contribution in [0.3, 0.4) is 0 Å². The summed E-state index contributed by atoms with van der Waals surface area (Å²) in [5.74, 6) is -0.375. The Labute approximate surface area is 94.5 Å². The van der Waals surface area contributed by atoms with Gasteiger partial charge in [-0.2, -0.15) is 4.98 Å². The van der Waals surface area contributed by atoms with Gasteiger partial charge in [-0.1, -0.05) is 20.8 Å². The fraction of sp³-hybridized carbons (Fsp3) is 0.545. The number of carboxylic acids is 1. The van der Waals surface area contributed by atoms with E-state index in [1.807, 2.05) is 20.8 Å². The molecule has 0 aliphatic rings. The van der Waals surface area contributed by atoms with Gasteiger partial charge in [0.05, 0.1) is 6.61 Å². The van der Waals surface area contributed by atoms with Crippen LogP contribution in [0.5, 0.6) is 5.88 Å². The van der Waals surface area contributed by atoms with E-state index in [2.05, 4.69) is 9.97 Å². The zero-order valence-electron chi connectivity index (χ0n) is 9.94. The van der Waals surface area contributed by atoms with E-state index < -0.39 is 5.97 Å². The van der Waals surface area contributed by atoms with Crippen LogP contribution < -0.4 is 4.74 Å². The minimum atomic E-state index is -1.08. The van der Waals surface area contributed by atoms with Gasteiger partial charge in [0.1, 0.15) is 11.4 Å². The average Bonchev–Trinajstić information content (AvgIpc) is 2.16. The van der Waals surface area contributed by atoms with Crippen molar-refractivity contribution in [2.24, 2.45) is 0 Å². The molecule has 1 aromatic heterocycles. The van der Waals surface area contributed by atoms with Crippen LogP contribution in [0.2, 0.25) is 0 Å². The lowest BCUT2D eigenvalue weighted by Gasteiger charge is -2.17. The highest BCUT2D eigenvalue weighted by molar-refractivity contribution is 5.89. The van der Waals surface area contributed by atoms with Crippen LogP contribution in [0.1, 0.15) is 43.9 Å². The van der Waals surface area contributed by atoms with Crippen molar-refractivity contribution in [2.45, 2.75) is 33.1 Å². The summed E-state index contributed by atoms with van der Waals surface area (Å²) in [5.41, 5.74) is -0.238. The second-order valence-corrected chi connectivity index (χ2v) is 4.40. The normalized spacial score (nSPS) is 11.2. The molecule has 1 heterocycles. The number of nitrogens with zero attached hydrogens (tertiary/aromatic N) is 2. The van der Waals surface area contributed by atoms with Crippen LogP contribution in [-0.2, 0) is 5.41 Å². The van der Waals surface area contributed by atoms with Crippen molar-refractivity contribution < 1.29 is 14.6 Å². The van der Waals surface area contributed by atoms with Crippen molar-refractivity contribution in [3.8, 4) is 5.88 Å². The number of aromatic carboxylic acids is 1. The number of aromatic nitrogens is 2. The monoisotopic (exact) mass is 224 g/mol. The molecular formula is C11H16N2O3. The Kier molecular flexibility index (Phi) is 3.47. The van der Waals surface area contributed by atoms with E-state index >= 15 is 0 Å². The SMILES string of the molecule is CCOc1nc(C(C)(C)C)ncc1C(=O)O. The number of ether oxygens (including phenoxy) is 1. The summed E-state index contributed by atoms with van der Waals surface area (Å²) < 4.78 is 5.20. The van der Waals surface area contributed by atoms with E-state index in [0.29, 0.717) is 12.4 Å². The van der Waals surface area contributed by atoms with Crippen molar-refractivity contribution in [2.75, 3.05) is 6.61 Å². The van der Waals surface area contributed by atoms with Gasteiger partial charge in [0.25, 0.3) is 0 Å². The van der Waals surface area contributed by atoms with Gasteiger partial charge in [-0.3, -0.25) is 0 Å². The van der Waals surface area contributed by atoms with Gasteiger partial charge in [0, 0.05) is 11.6 Å². The van der Waals surface area contributed by atoms with Crippen molar-refractivity contribution in [3.63, 3.8) is 0 Å². The summed E-state index contributed by atoms with van der Waals surface area (Å²) in [6.07, 6.45) is 1.29. The second kappa shape index (κ2) is 4.47. The predicted molar refractivity (Wildman–Crippen MR) is 58.9 cm³/mol. The van der Waals surface area contributed by atoms with Crippen LogP contribution in [0, 0.1) is 0 Å². The summed E-state index contributed by atoms with van der Waals surface area (Å²) in [6.45, 7) is 8.03. The van der Waals surface area contributed by atoms with Crippen LogP contribution in [0.4, 0.5) is 0 Å². The molecule has 0 amide bonds. The molecule has 0 saturated heterocycles. The first-order valence-corrected chi connectivity index (χ1v) is 5.10. The third kappa shape index (κ3) is 2.68. The number of rotatable bonds is 3. The third-order valence-electron chi connectivity index (χ3n) is 1.94. The van der Waals surface area contributed by atoms with Gasteiger partial charge in [-0.25, -0.2) is 9.78 Å². The van der Waals surface area contributed by atoms with E-state index in [4.69, 9.17) is 9.84 Å². The number of carboxylic acid groups (broad SMARTS) is 1. The molecule has 5 nitrogen and oxygen atoms in total. The minimum absolute atomic E-state index is 0.00477. The molecule has 0 fully saturated rings. The van der Waals surface area contributed by atoms with Gasteiger partial charge in [0.2, 0.25) is 5.88 Å². The summed E-state index contributed by atoms with van der Waals surface area (Å²) in [7, 11) is 0. The molecule has 0 unspecified atom stereocenters. The van der Waals surface area contributed by atoms with E-state index in [-0.39, 0.29) is 16.9 Å². The largest absolute Gasteiger partial charge is 0.477 e. The number of hydrogen-bond donors (Lipinski definition) is 1. The molecule has 1 rings (SSSR count). The molecule has 0 aromatic carbocycles. The lowest BCUT2D eigenvalue weighted by atomic mass is 9.96. The predicted octanol–water partition coefficient (Wildman–Crippen LogP) is 1.87. The lowest BCUT2D eigenvalue weighted by molar-refractivity contribution is 0.0690. The highest BCUT2D eigenvalue weighted by atomic mass is 16.5. The molecule has 0 bridgehead atoms. The first-order chi connectivity index (χ1) is 7.36. The molecule has 5 heteroatoms. The topological polar surface area (TPSA) is 72.3 Å². The smallest absolute Gasteiger partial charge is 0.342 e. The Hall–Kier alpha value is -1.65. The standard InChI is InChI=1S/C11H16N2O3/c1-5-16-8-7(9(14)15)6-12-10(13-8)11(2,3)4/h6H,5H2,1-4H3,(H,14,15). The zero-order chi connectivity index (χ0) is 12.3. The number of hydrogen-bond acceptors (Lipinski definition) is 4. The molecule has 0 aliphatic carbocycles. The Morgan fingerprint density at radius 3 is 2.56 bits per heavy atom. The van der Waals surface area contributed by atoms with E-state index in [9.17, 15) is 4.79 Å².